The highest BCUT2D eigenvalue weighted by Crippen LogP contribution is 2.25. The van der Waals surface area contributed by atoms with Gasteiger partial charge in [-0.2, -0.15) is 5.10 Å². The first-order chi connectivity index (χ1) is 14.6. The molecule has 2 aromatic heterocycles. The molecule has 2 amide bonds. The van der Waals surface area contributed by atoms with Crippen molar-refractivity contribution in [3.05, 3.63) is 47.0 Å². The fraction of sp³-hybridized carbons (Fsp3) is 0.524. The van der Waals surface area contributed by atoms with E-state index in [9.17, 15) is 9.59 Å². The molecule has 9 heteroatoms. The number of H-pyrrole nitrogens is 1. The lowest BCUT2D eigenvalue weighted by Gasteiger charge is -2.31. The van der Waals surface area contributed by atoms with Crippen LogP contribution in [0.25, 0.3) is 0 Å². The molecule has 2 atom stereocenters. The number of likely N-dealkylation sites (N-methyl/N-ethyl adjacent to an activating group) is 1. The number of nitrogens with one attached hydrogen (secondary N) is 1. The van der Waals surface area contributed by atoms with Gasteiger partial charge in [-0.15, -0.1) is 0 Å². The number of fused-ring (bicyclic) bond motifs is 4. The second-order valence-electron chi connectivity index (χ2n) is 8.48. The minimum absolute atomic E-state index is 0.0586. The zero-order chi connectivity index (χ0) is 20.7. The Bertz CT molecular complexity index is 945. The Labute approximate surface area is 175 Å². The van der Waals surface area contributed by atoms with Crippen LogP contribution >= 0.6 is 0 Å². The van der Waals surface area contributed by atoms with Gasteiger partial charge in [-0.25, -0.2) is 0 Å². The number of hydrogen-bond donors (Lipinski definition) is 1. The van der Waals surface area contributed by atoms with Gasteiger partial charge in [0.1, 0.15) is 0 Å². The molecule has 2 saturated heterocycles. The Balaban J connectivity index is 1.39. The third kappa shape index (κ3) is 3.48. The molecule has 0 unspecified atom stereocenters. The molecule has 2 bridgehead atoms. The Morgan fingerprint density at radius 2 is 2.10 bits per heavy atom. The lowest BCUT2D eigenvalue weighted by atomic mass is 10.0. The summed E-state index contributed by atoms with van der Waals surface area (Å²) < 4.78 is 5.83. The Morgan fingerprint density at radius 1 is 1.20 bits per heavy atom. The van der Waals surface area contributed by atoms with Crippen LogP contribution in [0.3, 0.4) is 0 Å². The number of aromatic amines is 1. The number of ether oxygens (including phenoxy) is 1. The van der Waals surface area contributed by atoms with Crippen molar-refractivity contribution in [3.63, 3.8) is 0 Å². The molecule has 2 fully saturated rings. The highest BCUT2D eigenvalue weighted by molar-refractivity contribution is 5.95. The van der Waals surface area contributed by atoms with Crippen LogP contribution in [0, 0.1) is 5.92 Å². The summed E-state index contributed by atoms with van der Waals surface area (Å²) in [7, 11) is 2.06. The number of carbonyl (C=O) groups excluding carboxylic acids is 2. The Hall–Kier alpha value is -2.78. The van der Waals surface area contributed by atoms with E-state index in [4.69, 9.17) is 4.74 Å². The van der Waals surface area contributed by atoms with Gasteiger partial charge in [-0.05, 0) is 19.2 Å². The second-order valence-corrected chi connectivity index (χ2v) is 8.48. The minimum atomic E-state index is -0.188. The summed E-state index contributed by atoms with van der Waals surface area (Å²) in [6.07, 6.45) is 4.12. The summed E-state index contributed by atoms with van der Waals surface area (Å²) >= 11 is 0. The van der Waals surface area contributed by atoms with E-state index in [-0.39, 0.29) is 23.8 Å². The summed E-state index contributed by atoms with van der Waals surface area (Å²) in [5.41, 5.74) is 3.14. The number of amides is 2. The normalized spacial score (nSPS) is 24.3. The molecule has 2 aromatic rings. The molecule has 0 radical (unpaired) electrons. The van der Waals surface area contributed by atoms with Gasteiger partial charge in [-0.3, -0.25) is 19.7 Å². The second kappa shape index (κ2) is 7.81. The monoisotopic (exact) mass is 410 g/mol. The molecule has 9 nitrogen and oxygen atoms in total. The number of carbonyl (C=O) groups is 2. The SMILES string of the molecule is CN1CCc2[nH]nc(C(=O)N3C[C@@H]4COC[C@H](C3)N(C(=O)c3cccnc3)C4)c2C1. The number of aromatic nitrogens is 3. The van der Waals surface area contributed by atoms with E-state index in [1.54, 1.807) is 24.5 Å². The van der Waals surface area contributed by atoms with Crippen LogP contribution < -0.4 is 0 Å². The quantitative estimate of drug-likeness (QED) is 0.771. The number of nitrogens with zero attached hydrogens (tertiary/aromatic N) is 5. The van der Waals surface area contributed by atoms with E-state index in [0.29, 0.717) is 44.1 Å². The molecule has 5 heterocycles. The molecule has 0 aliphatic carbocycles. The van der Waals surface area contributed by atoms with Crippen molar-refractivity contribution in [2.24, 2.45) is 5.92 Å². The predicted octanol–water partition coefficient (Wildman–Crippen LogP) is 0.406. The van der Waals surface area contributed by atoms with Gasteiger partial charge in [0.15, 0.2) is 5.69 Å². The topological polar surface area (TPSA) is 94.7 Å². The van der Waals surface area contributed by atoms with Gasteiger partial charge in [0.05, 0.1) is 24.8 Å². The number of hydrogen-bond acceptors (Lipinski definition) is 6. The lowest BCUT2D eigenvalue weighted by Crippen LogP contribution is -2.48. The first kappa shape index (κ1) is 19.2. The van der Waals surface area contributed by atoms with Gasteiger partial charge < -0.3 is 19.4 Å². The maximum atomic E-state index is 13.4. The van der Waals surface area contributed by atoms with Gasteiger partial charge in [0.25, 0.3) is 11.8 Å². The van der Waals surface area contributed by atoms with Crippen molar-refractivity contribution in [2.75, 3.05) is 46.4 Å². The molecular formula is C21H26N6O3. The summed E-state index contributed by atoms with van der Waals surface area (Å²) in [6.45, 7) is 4.22. The highest BCUT2D eigenvalue weighted by atomic mass is 16.5. The maximum Gasteiger partial charge on any atom is 0.274 e. The average molecular weight is 410 g/mol. The predicted molar refractivity (Wildman–Crippen MR) is 108 cm³/mol. The first-order valence-electron chi connectivity index (χ1n) is 10.4. The van der Waals surface area contributed by atoms with E-state index in [1.165, 1.54) is 0 Å². The van der Waals surface area contributed by atoms with Crippen LogP contribution in [0.15, 0.2) is 24.5 Å². The number of rotatable bonds is 2. The zero-order valence-electron chi connectivity index (χ0n) is 17.1. The van der Waals surface area contributed by atoms with E-state index < -0.39 is 0 Å². The molecule has 1 N–H and O–H groups in total. The summed E-state index contributed by atoms with van der Waals surface area (Å²) in [5.74, 6) is -0.0495. The van der Waals surface area contributed by atoms with Crippen molar-refractivity contribution in [1.82, 2.24) is 29.9 Å². The molecule has 0 saturated carbocycles. The Kier molecular flexibility index (Phi) is 5.00. The van der Waals surface area contributed by atoms with Crippen molar-refractivity contribution < 1.29 is 14.3 Å². The van der Waals surface area contributed by atoms with Crippen LogP contribution in [-0.4, -0.2) is 94.2 Å². The van der Waals surface area contributed by atoms with Crippen molar-refractivity contribution in [2.45, 2.75) is 19.0 Å². The van der Waals surface area contributed by atoms with Crippen LogP contribution in [-0.2, 0) is 17.7 Å². The molecule has 30 heavy (non-hydrogen) atoms. The standard InChI is InChI=1S/C21H26N6O3/c1-25-6-4-18-17(11-25)19(24-23-18)21(29)26-8-14-9-27(16(10-26)13-30-12-14)20(28)15-3-2-5-22-7-15/h2-3,5,7,14,16H,4,6,8-13H2,1H3,(H,23,24)/t14-,16-/m0/s1. The Morgan fingerprint density at radius 3 is 2.93 bits per heavy atom. The fourth-order valence-corrected chi connectivity index (χ4v) is 4.67. The third-order valence-corrected chi connectivity index (χ3v) is 6.25. The first-order valence-corrected chi connectivity index (χ1v) is 10.4. The molecule has 3 aliphatic heterocycles. The lowest BCUT2D eigenvalue weighted by molar-refractivity contribution is 0.0377. The smallest absolute Gasteiger partial charge is 0.274 e. The maximum absolute atomic E-state index is 13.4. The largest absolute Gasteiger partial charge is 0.379 e. The van der Waals surface area contributed by atoms with Crippen LogP contribution in [0.4, 0.5) is 0 Å². The minimum Gasteiger partial charge on any atom is -0.379 e. The molecule has 158 valence electrons. The van der Waals surface area contributed by atoms with E-state index >= 15 is 0 Å². The van der Waals surface area contributed by atoms with Crippen molar-refractivity contribution in [1.29, 1.82) is 0 Å². The van der Waals surface area contributed by atoms with Crippen molar-refractivity contribution in [3.8, 4) is 0 Å². The van der Waals surface area contributed by atoms with E-state index in [1.807, 2.05) is 9.80 Å². The summed E-state index contributed by atoms with van der Waals surface area (Å²) in [6, 6.07) is 3.36. The van der Waals surface area contributed by atoms with Crippen LogP contribution in [0.2, 0.25) is 0 Å². The molecule has 5 rings (SSSR count). The average Bonchev–Trinajstić information content (AvgIpc) is 2.94. The molecule has 0 aromatic carbocycles. The van der Waals surface area contributed by atoms with Gasteiger partial charge in [0.2, 0.25) is 0 Å². The number of pyridine rings is 1. The third-order valence-electron chi connectivity index (χ3n) is 6.25. The summed E-state index contributed by atoms with van der Waals surface area (Å²) in [4.78, 5) is 36.6. The summed E-state index contributed by atoms with van der Waals surface area (Å²) in [5, 5.41) is 7.43. The molecular weight excluding hydrogens is 384 g/mol. The van der Waals surface area contributed by atoms with E-state index in [0.717, 1.165) is 30.8 Å². The van der Waals surface area contributed by atoms with Gasteiger partial charge in [-0.1, -0.05) is 0 Å². The molecule has 0 spiro atoms. The van der Waals surface area contributed by atoms with Crippen molar-refractivity contribution >= 4 is 11.8 Å². The van der Waals surface area contributed by atoms with E-state index in [2.05, 4.69) is 27.1 Å². The molecule has 3 aliphatic rings. The fourth-order valence-electron chi connectivity index (χ4n) is 4.67. The highest BCUT2D eigenvalue weighted by Gasteiger charge is 2.39. The zero-order valence-corrected chi connectivity index (χ0v) is 17.1. The van der Waals surface area contributed by atoms with Crippen LogP contribution in [0.5, 0.6) is 0 Å². The van der Waals surface area contributed by atoms with Gasteiger partial charge >= 0.3 is 0 Å². The van der Waals surface area contributed by atoms with Crippen LogP contribution in [0.1, 0.15) is 32.1 Å². The van der Waals surface area contributed by atoms with Gasteiger partial charge in [0, 0.05) is 68.7 Å².